The number of carbonyl (C=O) groups excluding carboxylic acids is 1. The summed E-state index contributed by atoms with van der Waals surface area (Å²) >= 11 is 13.0. The van der Waals surface area contributed by atoms with Crippen molar-refractivity contribution in [3.05, 3.63) is 21.8 Å². The first-order chi connectivity index (χ1) is 9.58. The molecule has 0 fully saturated rings. The van der Waals surface area contributed by atoms with Crippen molar-refractivity contribution in [2.75, 3.05) is 11.1 Å². The molecule has 0 aliphatic carbocycles. The number of carbonyl (C=O) groups is 1. The van der Waals surface area contributed by atoms with E-state index in [9.17, 15) is 4.79 Å². The van der Waals surface area contributed by atoms with Crippen LogP contribution in [0.5, 0.6) is 0 Å². The minimum atomic E-state index is -0.623. The minimum absolute atomic E-state index is 0.125. The molecule has 1 aromatic carbocycles. The van der Waals surface area contributed by atoms with Gasteiger partial charge in [0.1, 0.15) is 11.0 Å². The Hall–Kier alpha value is -1.97. The summed E-state index contributed by atoms with van der Waals surface area (Å²) in [7, 11) is 0. The van der Waals surface area contributed by atoms with Gasteiger partial charge in [0.15, 0.2) is 0 Å². The lowest BCUT2D eigenvalue weighted by molar-refractivity contribution is 0.101. The summed E-state index contributed by atoms with van der Waals surface area (Å²) in [4.78, 5) is 12.0. The van der Waals surface area contributed by atoms with E-state index in [4.69, 9.17) is 28.9 Å². The topological polar surface area (TPSA) is 120 Å². The van der Waals surface area contributed by atoms with Crippen LogP contribution < -0.4 is 11.1 Å². The number of amides is 1. The zero-order chi connectivity index (χ0) is 14.3. The molecular weight excluding hydrogens is 327 g/mol. The predicted octanol–water partition coefficient (Wildman–Crippen LogP) is 2.22. The third-order valence-corrected chi connectivity index (χ3v) is 3.53. The first kappa shape index (κ1) is 13.0. The van der Waals surface area contributed by atoms with Crippen molar-refractivity contribution in [1.29, 1.82) is 0 Å². The summed E-state index contributed by atoms with van der Waals surface area (Å²) < 4.78 is 12.4. The first-order valence-corrected chi connectivity index (χ1v) is 6.56. The van der Waals surface area contributed by atoms with Crippen LogP contribution in [0, 0.1) is 0 Å². The van der Waals surface area contributed by atoms with Crippen LogP contribution in [0.2, 0.25) is 10.0 Å². The van der Waals surface area contributed by atoms with Crippen molar-refractivity contribution in [3.8, 4) is 0 Å². The molecule has 102 valence electrons. The quantitative estimate of drug-likeness (QED) is 0.738. The lowest BCUT2D eigenvalue weighted by atomic mass is 10.2. The zero-order valence-corrected chi connectivity index (χ0v) is 11.8. The Morgan fingerprint density at radius 2 is 2.00 bits per heavy atom. The molecule has 1 amide bonds. The molecule has 0 saturated heterocycles. The molecular formula is C9H4Cl2N6O2S. The van der Waals surface area contributed by atoms with Gasteiger partial charge in [0, 0.05) is 0 Å². The average Bonchev–Trinajstić information content (AvgIpc) is 3.02. The number of rotatable bonds is 2. The fraction of sp³-hybridized carbons (Fsp3) is 0. The summed E-state index contributed by atoms with van der Waals surface area (Å²) in [5.41, 5.74) is 6.40. The number of benzene rings is 1. The van der Waals surface area contributed by atoms with Crippen LogP contribution in [0.4, 0.5) is 11.5 Å². The van der Waals surface area contributed by atoms with Crippen LogP contribution >= 0.6 is 34.9 Å². The third kappa shape index (κ3) is 2.05. The number of nitrogens with one attached hydrogen (secondary N) is 1. The summed E-state index contributed by atoms with van der Waals surface area (Å²) in [6.07, 6.45) is 0. The number of aromatic nitrogens is 4. The second-order valence-corrected chi connectivity index (χ2v) is 4.97. The molecule has 3 N–H and O–H groups in total. The van der Waals surface area contributed by atoms with E-state index in [0.717, 1.165) is 11.7 Å². The lowest BCUT2D eigenvalue weighted by Gasteiger charge is -2.06. The summed E-state index contributed by atoms with van der Waals surface area (Å²) in [5.74, 6) is -0.748. The summed E-state index contributed by atoms with van der Waals surface area (Å²) in [6.45, 7) is 0. The van der Waals surface area contributed by atoms with Gasteiger partial charge in [-0.15, -0.1) is 0 Å². The van der Waals surface area contributed by atoms with Crippen LogP contribution in [-0.2, 0) is 0 Å². The second-order valence-electron chi connectivity index (χ2n) is 3.63. The van der Waals surface area contributed by atoms with Crippen molar-refractivity contribution < 1.29 is 9.42 Å². The highest BCUT2D eigenvalue weighted by Crippen LogP contribution is 2.35. The van der Waals surface area contributed by atoms with E-state index < -0.39 is 5.91 Å². The SMILES string of the molecule is Nc1nonc1C(=O)Nc1c(Cl)cc(Cl)c2nsnc12. The third-order valence-electron chi connectivity index (χ3n) is 2.41. The van der Waals surface area contributed by atoms with Gasteiger partial charge in [-0.3, -0.25) is 4.79 Å². The molecule has 2 aromatic heterocycles. The predicted molar refractivity (Wildman–Crippen MR) is 74.1 cm³/mol. The van der Waals surface area contributed by atoms with Gasteiger partial charge in [0.25, 0.3) is 5.91 Å². The highest BCUT2D eigenvalue weighted by Gasteiger charge is 2.20. The Balaban J connectivity index is 2.05. The number of nitrogens with two attached hydrogens (primary N) is 1. The maximum atomic E-state index is 12.0. The van der Waals surface area contributed by atoms with Crippen molar-refractivity contribution >= 4 is 63.4 Å². The van der Waals surface area contributed by atoms with Crippen molar-refractivity contribution in [2.45, 2.75) is 0 Å². The van der Waals surface area contributed by atoms with E-state index in [2.05, 4.69) is 29.0 Å². The maximum Gasteiger partial charge on any atom is 0.281 e. The van der Waals surface area contributed by atoms with E-state index in [1.807, 2.05) is 0 Å². The number of anilines is 2. The molecule has 0 aliphatic rings. The normalized spacial score (nSPS) is 10.9. The van der Waals surface area contributed by atoms with Gasteiger partial charge in [0.2, 0.25) is 11.5 Å². The van der Waals surface area contributed by atoms with Gasteiger partial charge >= 0.3 is 0 Å². The molecule has 11 heteroatoms. The van der Waals surface area contributed by atoms with Crippen LogP contribution in [0.25, 0.3) is 11.0 Å². The number of nitrogen functional groups attached to an aromatic ring is 1. The highest BCUT2D eigenvalue weighted by atomic mass is 35.5. The Kier molecular flexibility index (Phi) is 3.16. The molecule has 8 nitrogen and oxygen atoms in total. The number of fused-ring (bicyclic) bond motifs is 1. The fourth-order valence-electron chi connectivity index (χ4n) is 1.52. The van der Waals surface area contributed by atoms with Crippen LogP contribution in [0.1, 0.15) is 10.5 Å². The molecule has 0 atom stereocenters. The molecule has 3 aromatic rings. The van der Waals surface area contributed by atoms with Gasteiger partial charge in [0.05, 0.1) is 27.5 Å². The largest absolute Gasteiger partial charge is 0.379 e. The Labute approximate surface area is 125 Å². The van der Waals surface area contributed by atoms with Gasteiger partial charge in [-0.2, -0.15) is 8.75 Å². The number of nitrogens with zero attached hydrogens (tertiary/aromatic N) is 4. The molecule has 0 bridgehead atoms. The van der Waals surface area contributed by atoms with E-state index in [-0.39, 0.29) is 22.2 Å². The monoisotopic (exact) mass is 330 g/mol. The summed E-state index contributed by atoms with van der Waals surface area (Å²) in [5, 5.41) is 9.83. The van der Waals surface area contributed by atoms with Crippen molar-refractivity contribution in [3.63, 3.8) is 0 Å². The Bertz CT molecular complexity index is 816. The fourth-order valence-corrected chi connectivity index (χ4v) is 2.68. The van der Waals surface area contributed by atoms with Crippen LogP contribution in [0.15, 0.2) is 10.7 Å². The smallest absolute Gasteiger partial charge is 0.281 e. The average molecular weight is 331 g/mol. The number of hydrogen-bond donors (Lipinski definition) is 2. The second kappa shape index (κ2) is 4.85. The van der Waals surface area contributed by atoms with Crippen molar-refractivity contribution in [2.24, 2.45) is 0 Å². The standard InChI is InChI=1S/C9H4Cl2N6O2S/c10-2-1-3(11)5-6(17-20-16-5)4(2)13-9(18)7-8(12)15-19-14-7/h1H,(H2,12,15)(H,13,18). The molecule has 0 spiro atoms. The zero-order valence-electron chi connectivity index (χ0n) is 9.42. The minimum Gasteiger partial charge on any atom is -0.379 e. The van der Waals surface area contributed by atoms with Gasteiger partial charge in [-0.1, -0.05) is 23.2 Å². The van der Waals surface area contributed by atoms with Gasteiger partial charge in [-0.25, -0.2) is 4.63 Å². The lowest BCUT2D eigenvalue weighted by Crippen LogP contribution is -2.15. The molecule has 0 radical (unpaired) electrons. The number of halogens is 2. The molecule has 0 saturated carbocycles. The summed E-state index contributed by atoms with van der Waals surface area (Å²) in [6, 6.07) is 1.47. The van der Waals surface area contributed by atoms with E-state index in [1.54, 1.807) is 0 Å². The van der Waals surface area contributed by atoms with Crippen molar-refractivity contribution in [1.82, 2.24) is 19.1 Å². The Morgan fingerprint density at radius 1 is 1.25 bits per heavy atom. The molecule has 0 unspecified atom stereocenters. The van der Waals surface area contributed by atoms with E-state index >= 15 is 0 Å². The Morgan fingerprint density at radius 3 is 2.70 bits per heavy atom. The molecule has 20 heavy (non-hydrogen) atoms. The highest BCUT2D eigenvalue weighted by molar-refractivity contribution is 7.00. The molecule has 2 heterocycles. The molecule has 0 aliphatic heterocycles. The van der Waals surface area contributed by atoms with Gasteiger partial charge in [-0.05, 0) is 16.4 Å². The van der Waals surface area contributed by atoms with E-state index in [1.165, 1.54) is 6.07 Å². The molecule has 3 rings (SSSR count). The van der Waals surface area contributed by atoms with Gasteiger partial charge < -0.3 is 11.1 Å². The number of hydrogen-bond acceptors (Lipinski definition) is 8. The van der Waals surface area contributed by atoms with Crippen LogP contribution in [0.3, 0.4) is 0 Å². The maximum absolute atomic E-state index is 12.0. The van der Waals surface area contributed by atoms with E-state index in [0.29, 0.717) is 16.1 Å². The van der Waals surface area contributed by atoms with Crippen LogP contribution in [-0.4, -0.2) is 25.0 Å². The first-order valence-electron chi connectivity index (χ1n) is 5.07.